The van der Waals surface area contributed by atoms with Gasteiger partial charge in [0.1, 0.15) is 11.9 Å². The van der Waals surface area contributed by atoms with Gasteiger partial charge in [-0.2, -0.15) is 0 Å². The Morgan fingerprint density at radius 2 is 1.71 bits per heavy atom. The van der Waals surface area contributed by atoms with Crippen LogP contribution in [0.5, 0.6) is 0 Å². The van der Waals surface area contributed by atoms with E-state index in [1.807, 2.05) is 41.3 Å². The number of piperidine rings is 2. The third kappa shape index (κ3) is 10.5. The highest BCUT2D eigenvalue weighted by Gasteiger charge is 2.39. The third-order valence-corrected chi connectivity index (χ3v) is 12.1. The number of nitrogens with zero attached hydrogens (tertiary/aromatic N) is 6. The van der Waals surface area contributed by atoms with Crippen molar-refractivity contribution in [1.29, 1.82) is 0 Å². The molecule has 4 aliphatic rings. The maximum absolute atomic E-state index is 13.3. The number of hydrogen-bond donors (Lipinski definition) is 2. The molecule has 0 radical (unpaired) electrons. The lowest BCUT2D eigenvalue weighted by Gasteiger charge is -2.35. The number of hydrogen-bond acceptors (Lipinski definition) is 9. The second-order valence-electron chi connectivity index (χ2n) is 16.0. The molecule has 1 atom stereocenters. The zero-order valence-corrected chi connectivity index (χ0v) is 33.4. The second kappa shape index (κ2) is 19.8. The van der Waals surface area contributed by atoms with Crippen molar-refractivity contribution in [2.24, 2.45) is 5.92 Å². The molecule has 0 aliphatic carbocycles. The van der Waals surface area contributed by atoms with Crippen LogP contribution in [0.2, 0.25) is 0 Å². The standard InChI is InChI=1S/C45H56N8O5/c54-41(17-13-34-9-7-21-46-30-34)47-22-4-3-8-33-19-24-52(25-20-33)44(57)36-14-16-40(48-31-36)51-28-26-50(27-29-51)23-5-1-2-10-35-11-6-12-37-38(35)32-53(45(37)58)39-15-18-42(55)49-43(39)56/h6-7,9,11-14,16-17,21,30-31,33,39H,1-5,8,10,15,18-20,22-29,32H2,(H,47,54)(H,49,55,56)/b17-13+. The smallest absolute Gasteiger partial charge is 0.255 e. The third-order valence-electron chi connectivity index (χ3n) is 12.1. The van der Waals surface area contributed by atoms with Crippen LogP contribution < -0.4 is 15.5 Å². The number of aromatic nitrogens is 2. The van der Waals surface area contributed by atoms with Crippen molar-refractivity contribution < 1.29 is 24.0 Å². The summed E-state index contributed by atoms with van der Waals surface area (Å²) < 4.78 is 0. The summed E-state index contributed by atoms with van der Waals surface area (Å²) in [4.78, 5) is 79.8. The number of fused-ring (bicyclic) bond motifs is 1. The van der Waals surface area contributed by atoms with Gasteiger partial charge in [0.15, 0.2) is 0 Å². The molecule has 0 spiro atoms. The topological polar surface area (TPSA) is 148 Å². The van der Waals surface area contributed by atoms with Gasteiger partial charge in [0.25, 0.3) is 11.8 Å². The zero-order valence-electron chi connectivity index (χ0n) is 33.4. The lowest BCUT2D eigenvalue weighted by molar-refractivity contribution is -0.137. The number of pyridine rings is 2. The predicted molar refractivity (Wildman–Crippen MR) is 222 cm³/mol. The number of rotatable bonds is 16. The Morgan fingerprint density at radius 3 is 2.47 bits per heavy atom. The summed E-state index contributed by atoms with van der Waals surface area (Å²) in [5.41, 5.74) is 4.43. The lowest BCUT2D eigenvalue weighted by atomic mass is 9.91. The summed E-state index contributed by atoms with van der Waals surface area (Å²) in [5.74, 6) is 0.727. The first-order chi connectivity index (χ1) is 28.3. The minimum atomic E-state index is -0.589. The fourth-order valence-corrected chi connectivity index (χ4v) is 8.69. The van der Waals surface area contributed by atoms with Gasteiger partial charge in [-0.05, 0) is 104 Å². The van der Waals surface area contributed by atoms with E-state index in [0.29, 0.717) is 36.6 Å². The quantitative estimate of drug-likeness (QED) is 0.121. The number of carbonyl (C=O) groups is 5. The maximum Gasteiger partial charge on any atom is 0.255 e. The van der Waals surface area contributed by atoms with E-state index in [4.69, 9.17) is 4.98 Å². The molecule has 3 saturated heterocycles. The normalized spacial score (nSPS) is 19.1. The van der Waals surface area contributed by atoms with Gasteiger partial charge in [0.2, 0.25) is 17.7 Å². The van der Waals surface area contributed by atoms with E-state index in [-0.39, 0.29) is 36.0 Å². The van der Waals surface area contributed by atoms with E-state index >= 15 is 0 Å². The number of piperazine rings is 1. The number of likely N-dealkylation sites (tertiary alicyclic amines) is 1. The average molecular weight is 789 g/mol. The molecule has 4 aliphatic heterocycles. The van der Waals surface area contributed by atoms with Crippen LogP contribution in [-0.2, 0) is 27.3 Å². The molecule has 58 heavy (non-hydrogen) atoms. The zero-order chi connectivity index (χ0) is 40.3. The van der Waals surface area contributed by atoms with Gasteiger partial charge in [-0.25, -0.2) is 4.98 Å². The Hall–Kier alpha value is -5.43. The van der Waals surface area contributed by atoms with Crippen LogP contribution >= 0.6 is 0 Å². The van der Waals surface area contributed by atoms with Crippen LogP contribution in [-0.4, -0.2) is 113 Å². The molecule has 13 heteroatoms. The van der Waals surface area contributed by atoms with Crippen LogP contribution in [0.25, 0.3) is 6.08 Å². The van der Waals surface area contributed by atoms with E-state index in [9.17, 15) is 24.0 Å². The first-order valence-electron chi connectivity index (χ1n) is 21.2. The van der Waals surface area contributed by atoms with Gasteiger partial charge in [-0.3, -0.25) is 39.2 Å². The largest absolute Gasteiger partial charge is 0.354 e. The Bertz CT molecular complexity index is 1940. The number of amides is 5. The first kappa shape index (κ1) is 40.8. The van der Waals surface area contributed by atoms with Gasteiger partial charge in [-0.15, -0.1) is 0 Å². The monoisotopic (exact) mass is 788 g/mol. The number of imide groups is 1. The molecule has 1 unspecified atom stereocenters. The number of aryl methyl sites for hydroxylation is 1. The summed E-state index contributed by atoms with van der Waals surface area (Å²) in [6.07, 6.45) is 18.4. The van der Waals surface area contributed by atoms with Gasteiger partial charge in [-0.1, -0.05) is 37.5 Å². The number of carbonyl (C=O) groups excluding carboxylic acids is 5. The summed E-state index contributed by atoms with van der Waals surface area (Å²) >= 11 is 0. The summed E-state index contributed by atoms with van der Waals surface area (Å²) in [7, 11) is 0. The van der Waals surface area contributed by atoms with Crippen molar-refractivity contribution in [3.8, 4) is 0 Å². The van der Waals surface area contributed by atoms with Gasteiger partial charge < -0.3 is 20.0 Å². The van der Waals surface area contributed by atoms with Crippen molar-refractivity contribution in [2.45, 2.75) is 83.2 Å². The molecular weight excluding hydrogens is 733 g/mol. The van der Waals surface area contributed by atoms with Crippen molar-refractivity contribution in [2.75, 3.05) is 57.3 Å². The Labute approximate surface area is 341 Å². The first-order valence-corrected chi connectivity index (χ1v) is 21.2. The number of anilines is 1. The van der Waals surface area contributed by atoms with Crippen LogP contribution in [0.3, 0.4) is 0 Å². The highest BCUT2D eigenvalue weighted by atomic mass is 16.2. The molecule has 0 bridgehead atoms. The molecular formula is C45H56N8O5. The number of unbranched alkanes of at least 4 members (excludes halogenated alkanes) is 3. The van der Waals surface area contributed by atoms with E-state index in [1.165, 1.54) is 5.56 Å². The maximum atomic E-state index is 13.3. The molecule has 3 aromatic rings. The van der Waals surface area contributed by atoms with Crippen LogP contribution in [0.4, 0.5) is 5.82 Å². The molecule has 0 saturated carbocycles. The Kier molecular flexibility index (Phi) is 13.9. The highest BCUT2D eigenvalue weighted by molar-refractivity contribution is 6.05. The Balaban J connectivity index is 0.749. The van der Waals surface area contributed by atoms with Gasteiger partial charge in [0.05, 0.1) is 5.56 Å². The highest BCUT2D eigenvalue weighted by Crippen LogP contribution is 2.31. The fraction of sp³-hybridized carbons (Fsp3) is 0.489. The van der Waals surface area contributed by atoms with Crippen LogP contribution in [0.1, 0.15) is 102 Å². The lowest BCUT2D eigenvalue weighted by Crippen LogP contribution is -2.52. The van der Waals surface area contributed by atoms with Crippen molar-refractivity contribution in [1.82, 2.24) is 35.3 Å². The molecule has 7 rings (SSSR count). The SMILES string of the molecule is O=C(/C=C/c1cccnc1)NCCCCC1CCN(C(=O)c2ccc(N3CCN(CCCCCc4cccc5c4CN(C4CCC(=O)NC4=O)C5=O)CC3)nc2)CC1. The van der Waals surface area contributed by atoms with E-state index in [1.54, 1.807) is 35.6 Å². The molecule has 3 fully saturated rings. The van der Waals surface area contributed by atoms with E-state index in [0.717, 1.165) is 121 Å². The summed E-state index contributed by atoms with van der Waals surface area (Å²) in [6, 6.07) is 13.0. The molecule has 2 aromatic heterocycles. The molecule has 306 valence electrons. The minimum Gasteiger partial charge on any atom is -0.354 e. The second-order valence-corrected chi connectivity index (χ2v) is 16.0. The van der Waals surface area contributed by atoms with Crippen LogP contribution in [0.15, 0.2) is 67.1 Å². The predicted octanol–water partition coefficient (Wildman–Crippen LogP) is 4.62. The van der Waals surface area contributed by atoms with Crippen molar-refractivity contribution in [3.63, 3.8) is 0 Å². The number of nitrogens with one attached hydrogen (secondary N) is 2. The van der Waals surface area contributed by atoms with Crippen molar-refractivity contribution >= 4 is 41.4 Å². The fourth-order valence-electron chi connectivity index (χ4n) is 8.69. The average Bonchev–Trinajstić information content (AvgIpc) is 3.59. The molecule has 6 heterocycles. The molecule has 13 nitrogen and oxygen atoms in total. The Morgan fingerprint density at radius 1 is 0.862 bits per heavy atom. The van der Waals surface area contributed by atoms with Crippen LogP contribution in [0, 0.1) is 5.92 Å². The van der Waals surface area contributed by atoms with E-state index in [2.05, 4.69) is 31.5 Å². The molecule has 5 amide bonds. The van der Waals surface area contributed by atoms with Crippen molar-refractivity contribution in [3.05, 3.63) is 94.9 Å². The van der Waals surface area contributed by atoms with E-state index < -0.39 is 6.04 Å². The van der Waals surface area contributed by atoms with Gasteiger partial charge >= 0.3 is 0 Å². The number of benzene rings is 1. The molecule has 2 N–H and O–H groups in total. The van der Waals surface area contributed by atoms with Gasteiger partial charge in [0, 0.05) is 89.0 Å². The minimum absolute atomic E-state index is 0.0590. The summed E-state index contributed by atoms with van der Waals surface area (Å²) in [6.45, 7) is 7.41. The molecule has 1 aromatic carbocycles. The summed E-state index contributed by atoms with van der Waals surface area (Å²) in [5, 5.41) is 5.34.